The SMILES string of the molecule is CCC1CC(N)(C(=O)O)CCO1. The molecule has 0 aromatic rings. The van der Waals surface area contributed by atoms with Gasteiger partial charge in [0.15, 0.2) is 0 Å². The lowest BCUT2D eigenvalue weighted by Gasteiger charge is -2.34. The predicted octanol–water partition coefficient (Wildman–Crippen LogP) is 0.357. The van der Waals surface area contributed by atoms with E-state index in [1.165, 1.54) is 0 Å². The molecule has 1 saturated heterocycles. The van der Waals surface area contributed by atoms with E-state index in [9.17, 15) is 4.79 Å². The van der Waals surface area contributed by atoms with Crippen LogP contribution in [0.25, 0.3) is 0 Å². The van der Waals surface area contributed by atoms with Crippen molar-refractivity contribution < 1.29 is 14.6 Å². The highest BCUT2D eigenvalue weighted by Crippen LogP contribution is 2.24. The number of aliphatic carboxylic acids is 1. The maximum Gasteiger partial charge on any atom is 0.323 e. The lowest BCUT2D eigenvalue weighted by molar-refractivity contribution is -0.149. The van der Waals surface area contributed by atoms with Crippen LogP contribution in [0.4, 0.5) is 0 Å². The molecule has 3 N–H and O–H groups in total. The lowest BCUT2D eigenvalue weighted by Crippen LogP contribution is -2.54. The van der Waals surface area contributed by atoms with Crippen LogP contribution >= 0.6 is 0 Å². The van der Waals surface area contributed by atoms with Crippen LogP contribution in [-0.2, 0) is 9.53 Å². The first-order valence-electron chi connectivity index (χ1n) is 4.22. The first kappa shape index (κ1) is 9.48. The van der Waals surface area contributed by atoms with Crippen LogP contribution in [0.1, 0.15) is 26.2 Å². The second-order valence-electron chi connectivity index (χ2n) is 3.32. The van der Waals surface area contributed by atoms with E-state index in [0.717, 1.165) is 6.42 Å². The van der Waals surface area contributed by atoms with Crippen LogP contribution in [0.15, 0.2) is 0 Å². The van der Waals surface area contributed by atoms with Gasteiger partial charge in [0.05, 0.1) is 6.10 Å². The molecule has 0 aromatic carbocycles. The zero-order chi connectivity index (χ0) is 9.19. The zero-order valence-electron chi connectivity index (χ0n) is 7.25. The van der Waals surface area contributed by atoms with E-state index in [-0.39, 0.29) is 6.10 Å². The molecule has 1 fully saturated rings. The Morgan fingerprint density at radius 2 is 2.50 bits per heavy atom. The summed E-state index contributed by atoms with van der Waals surface area (Å²) < 4.78 is 5.33. The first-order valence-corrected chi connectivity index (χ1v) is 4.22. The van der Waals surface area contributed by atoms with E-state index >= 15 is 0 Å². The highest BCUT2D eigenvalue weighted by atomic mass is 16.5. The van der Waals surface area contributed by atoms with Gasteiger partial charge in [0.1, 0.15) is 5.54 Å². The molecule has 0 bridgehead atoms. The summed E-state index contributed by atoms with van der Waals surface area (Å²) in [4.78, 5) is 10.8. The van der Waals surface area contributed by atoms with E-state index in [1.807, 2.05) is 6.92 Å². The standard InChI is InChI=1S/C8H15NO3/c1-2-6-5-8(9,7(10)11)3-4-12-6/h6H,2-5,9H2,1H3,(H,10,11). The molecule has 0 aliphatic carbocycles. The van der Waals surface area contributed by atoms with E-state index in [0.29, 0.717) is 19.4 Å². The van der Waals surface area contributed by atoms with Crippen LogP contribution in [0.5, 0.6) is 0 Å². The van der Waals surface area contributed by atoms with Gasteiger partial charge in [-0.2, -0.15) is 0 Å². The van der Waals surface area contributed by atoms with Crippen molar-refractivity contribution in [2.45, 2.75) is 37.8 Å². The molecule has 12 heavy (non-hydrogen) atoms. The van der Waals surface area contributed by atoms with Crippen LogP contribution in [-0.4, -0.2) is 29.3 Å². The summed E-state index contributed by atoms with van der Waals surface area (Å²) in [5, 5.41) is 8.83. The normalized spacial score (nSPS) is 36.3. The average Bonchev–Trinajstić information content (AvgIpc) is 2.04. The van der Waals surface area contributed by atoms with E-state index < -0.39 is 11.5 Å². The number of carbonyl (C=O) groups is 1. The maximum absolute atomic E-state index is 10.8. The highest BCUT2D eigenvalue weighted by Gasteiger charge is 2.39. The Labute approximate surface area is 71.7 Å². The minimum atomic E-state index is -1.06. The molecule has 2 atom stereocenters. The van der Waals surface area contributed by atoms with Crippen molar-refractivity contribution in [1.82, 2.24) is 0 Å². The zero-order valence-corrected chi connectivity index (χ0v) is 7.25. The Morgan fingerprint density at radius 1 is 1.83 bits per heavy atom. The summed E-state index contributed by atoms with van der Waals surface area (Å²) in [7, 11) is 0. The average molecular weight is 173 g/mol. The molecule has 0 amide bonds. The van der Waals surface area contributed by atoms with Gasteiger partial charge < -0.3 is 15.6 Å². The fraction of sp³-hybridized carbons (Fsp3) is 0.875. The van der Waals surface area contributed by atoms with Gasteiger partial charge in [0, 0.05) is 13.0 Å². The molecule has 2 unspecified atom stereocenters. The second-order valence-corrected chi connectivity index (χ2v) is 3.32. The van der Waals surface area contributed by atoms with Gasteiger partial charge in [-0.15, -0.1) is 0 Å². The molecule has 0 radical (unpaired) electrons. The second kappa shape index (κ2) is 3.41. The third-order valence-electron chi connectivity index (χ3n) is 2.37. The Hall–Kier alpha value is -0.610. The van der Waals surface area contributed by atoms with Crippen LogP contribution in [0.2, 0.25) is 0 Å². The molecule has 0 aromatic heterocycles. The lowest BCUT2D eigenvalue weighted by atomic mass is 9.87. The van der Waals surface area contributed by atoms with E-state index in [2.05, 4.69) is 0 Å². The van der Waals surface area contributed by atoms with Crippen LogP contribution < -0.4 is 5.73 Å². The molecule has 1 heterocycles. The fourth-order valence-electron chi connectivity index (χ4n) is 1.43. The van der Waals surface area contributed by atoms with Crippen molar-refractivity contribution in [3.63, 3.8) is 0 Å². The van der Waals surface area contributed by atoms with Gasteiger partial charge in [-0.25, -0.2) is 0 Å². The molecule has 70 valence electrons. The molecule has 4 heteroatoms. The monoisotopic (exact) mass is 173 g/mol. The topological polar surface area (TPSA) is 72.6 Å². The summed E-state index contributed by atoms with van der Waals surface area (Å²) in [6, 6.07) is 0. The van der Waals surface area contributed by atoms with Crippen LogP contribution in [0.3, 0.4) is 0 Å². The number of carboxylic acid groups (broad SMARTS) is 1. The Bertz CT molecular complexity index is 183. The van der Waals surface area contributed by atoms with Crippen molar-refractivity contribution in [2.75, 3.05) is 6.61 Å². The molecule has 1 aliphatic rings. The van der Waals surface area contributed by atoms with Crippen molar-refractivity contribution in [3.8, 4) is 0 Å². The minimum absolute atomic E-state index is 0.0137. The predicted molar refractivity (Wildman–Crippen MR) is 43.8 cm³/mol. The smallest absolute Gasteiger partial charge is 0.323 e. The summed E-state index contributed by atoms with van der Waals surface area (Å²) in [5.41, 5.74) is 4.63. The van der Waals surface area contributed by atoms with Crippen molar-refractivity contribution in [3.05, 3.63) is 0 Å². The number of carboxylic acids is 1. The highest BCUT2D eigenvalue weighted by molar-refractivity contribution is 5.78. The molecule has 0 saturated carbocycles. The van der Waals surface area contributed by atoms with Gasteiger partial charge >= 0.3 is 5.97 Å². The number of rotatable bonds is 2. The first-order chi connectivity index (χ1) is 5.58. The number of hydrogen-bond donors (Lipinski definition) is 2. The third-order valence-corrected chi connectivity index (χ3v) is 2.37. The van der Waals surface area contributed by atoms with Gasteiger partial charge in [-0.05, 0) is 12.8 Å². The summed E-state index contributed by atoms with van der Waals surface area (Å²) in [6.45, 7) is 2.43. The van der Waals surface area contributed by atoms with Gasteiger partial charge in [-0.1, -0.05) is 6.92 Å². The number of ether oxygens (including phenoxy) is 1. The van der Waals surface area contributed by atoms with Crippen molar-refractivity contribution in [1.29, 1.82) is 0 Å². The van der Waals surface area contributed by atoms with E-state index in [4.69, 9.17) is 15.6 Å². The third kappa shape index (κ3) is 1.76. The maximum atomic E-state index is 10.8. The molecular formula is C8H15NO3. The van der Waals surface area contributed by atoms with E-state index in [1.54, 1.807) is 0 Å². The van der Waals surface area contributed by atoms with Crippen LogP contribution in [0, 0.1) is 0 Å². The van der Waals surface area contributed by atoms with Crippen molar-refractivity contribution in [2.24, 2.45) is 5.73 Å². The fourth-order valence-corrected chi connectivity index (χ4v) is 1.43. The largest absolute Gasteiger partial charge is 0.480 e. The molecular weight excluding hydrogens is 158 g/mol. The molecule has 0 spiro atoms. The molecule has 4 nitrogen and oxygen atoms in total. The quantitative estimate of drug-likeness (QED) is 0.632. The minimum Gasteiger partial charge on any atom is -0.480 e. The Kier molecular flexibility index (Phi) is 2.69. The van der Waals surface area contributed by atoms with Crippen molar-refractivity contribution >= 4 is 5.97 Å². The Balaban J connectivity index is 2.61. The Morgan fingerprint density at radius 3 is 3.00 bits per heavy atom. The van der Waals surface area contributed by atoms with Gasteiger partial charge in [0.2, 0.25) is 0 Å². The summed E-state index contributed by atoms with van der Waals surface area (Å²) in [5.74, 6) is -0.913. The van der Waals surface area contributed by atoms with Gasteiger partial charge in [-0.3, -0.25) is 4.79 Å². The molecule has 1 aliphatic heterocycles. The molecule has 1 rings (SSSR count). The number of nitrogens with two attached hydrogens (primary N) is 1. The number of hydrogen-bond acceptors (Lipinski definition) is 3. The van der Waals surface area contributed by atoms with Gasteiger partial charge in [0.25, 0.3) is 0 Å². The summed E-state index contributed by atoms with van der Waals surface area (Å²) in [6.07, 6.45) is 1.68. The summed E-state index contributed by atoms with van der Waals surface area (Å²) >= 11 is 0.